The fourth-order valence-corrected chi connectivity index (χ4v) is 6.20. The maximum Gasteiger partial charge on any atom is 0.270 e. The Bertz CT molecular complexity index is 1370. The number of amides is 1. The smallest absolute Gasteiger partial charge is 0.270 e. The number of anilines is 1. The Morgan fingerprint density at radius 1 is 1.13 bits per heavy atom. The van der Waals surface area contributed by atoms with E-state index in [0.717, 1.165) is 68.3 Å². The lowest BCUT2D eigenvalue weighted by atomic mass is 10.0. The van der Waals surface area contributed by atoms with Gasteiger partial charge in [0.25, 0.3) is 11.5 Å². The quantitative estimate of drug-likeness (QED) is 0.327. The fraction of sp³-hybridized carbons (Fsp3) is 0.448. The van der Waals surface area contributed by atoms with Gasteiger partial charge in [-0.15, -0.1) is 0 Å². The number of benzene rings is 1. The van der Waals surface area contributed by atoms with Gasteiger partial charge in [-0.05, 0) is 49.2 Å². The molecule has 0 bridgehead atoms. The van der Waals surface area contributed by atoms with Crippen LogP contribution in [-0.2, 0) is 17.9 Å². The molecule has 1 amide bonds. The Morgan fingerprint density at radius 3 is 2.41 bits per heavy atom. The van der Waals surface area contributed by atoms with Gasteiger partial charge < -0.3 is 14.5 Å². The van der Waals surface area contributed by atoms with E-state index in [2.05, 4.69) is 29.7 Å². The molecule has 2 aliphatic rings. The van der Waals surface area contributed by atoms with Crippen molar-refractivity contribution in [2.24, 2.45) is 0 Å². The summed E-state index contributed by atoms with van der Waals surface area (Å²) in [7, 11) is 1.62. The van der Waals surface area contributed by atoms with Gasteiger partial charge >= 0.3 is 0 Å². The molecule has 0 spiro atoms. The zero-order valence-electron chi connectivity index (χ0n) is 23.0. The highest BCUT2D eigenvalue weighted by Gasteiger charge is 2.33. The number of aromatic nitrogens is 1. The molecular weight excluding hydrogens is 530 g/mol. The summed E-state index contributed by atoms with van der Waals surface area (Å²) in [5, 5.41) is 9.93. The molecule has 206 valence electrons. The summed E-state index contributed by atoms with van der Waals surface area (Å²) in [6.07, 6.45) is 3.58. The Labute approximate surface area is 239 Å². The normalized spacial score (nSPS) is 17.3. The number of hydrogen-bond acceptors (Lipinski definition) is 8. The van der Waals surface area contributed by atoms with Crippen molar-refractivity contribution in [2.75, 3.05) is 44.7 Å². The number of hydrogen-bond donors (Lipinski definition) is 0. The number of unbranched alkanes of at least 4 members (excludes halogenated alkanes) is 1. The van der Waals surface area contributed by atoms with Gasteiger partial charge in [-0.2, -0.15) is 5.26 Å². The first-order chi connectivity index (χ1) is 18.8. The van der Waals surface area contributed by atoms with Gasteiger partial charge in [-0.25, -0.2) is 0 Å². The number of pyridine rings is 1. The van der Waals surface area contributed by atoms with Gasteiger partial charge in [-0.1, -0.05) is 56.4 Å². The minimum atomic E-state index is -0.263. The number of carbonyl (C=O) groups is 1. The second-order valence-corrected chi connectivity index (χ2v) is 11.4. The number of rotatable bonds is 9. The van der Waals surface area contributed by atoms with E-state index in [1.165, 1.54) is 11.8 Å². The van der Waals surface area contributed by atoms with E-state index in [1.807, 2.05) is 30.3 Å². The first-order valence-corrected chi connectivity index (χ1v) is 14.6. The lowest BCUT2D eigenvalue weighted by Gasteiger charge is -2.37. The number of carbonyl (C=O) groups excluding carboxylic acids is 1. The summed E-state index contributed by atoms with van der Waals surface area (Å²) >= 11 is 6.87. The Morgan fingerprint density at radius 2 is 1.82 bits per heavy atom. The second-order valence-electron chi connectivity index (χ2n) is 9.70. The third-order valence-corrected chi connectivity index (χ3v) is 8.73. The Kier molecular flexibility index (Phi) is 9.49. The molecule has 0 radical (unpaired) electrons. The molecule has 8 nitrogen and oxygen atoms in total. The van der Waals surface area contributed by atoms with Crippen LogP contribution in [0.5, 0.6) is 5.75 Å². The van der Waals surface area contributed by atoms with Gasteiger partial charge in [0.05, 0.1) is 18.6 Å². The molecule has 3 heterocycles. The highest BCUT2D eigenvalue weighted by Crippen LogP contribution is 2.37. The number of thioether (sulfide) groups is 1. The molecule has 1 aromatic heterocycles. The molecule has 1 aromatic carbocycles. The van der Waals surface area contributed by atoms with Crippen LogP contribution in [0.4, 0.5) is 5.82 Å². The molecule has 39 heavy (non-hydrogen) atoms. The lowest BCUT2D eigenvalue weighted by molar-refractivity contribution is -0.122. The summed E-state index contributed by atoms with van der Waals surface area (Å²) in [6.45, 7) is 11.2. The van der Waals surface area contributed by atoms with E-state index in [-0.39, 0.29) is 17.0 Å². The molecule has 2 aliphatic heterocycles. The summed E-state index contributed by atoms with van der Waals surface area (Å²) in [6, 6.07) is 9.69. The average molecular weight is 566 g/mol. The summed E-state index contributed by atoms with van der Waals surface area (Å²) in [5.41, 5.74) is 2.15. The first kappa shape index (κ1) is 28.9. The third kappa shape index (κ3) is 6.06. The van der Waals surface area contributed by atoms with E-state index in [9.17, 15) is 14.9 Å². The predicted octanol–water partition coefficient (Wildman–Crippen LogP) is 4.38. The van der Waals surface area contributed by atoms with Crippen molar-refractivity contribution in [1.82, 2.24) is 14.4 Å². The van der Waals surface area contributed by atoms with Crippen molar-refractivity contribution in [3.05, 3.63) is 61.8 Å². The van der Waals surface area contributed by atoms with Crippen LogP contribution in [0.2, 0.25) is 0 Å². The summed E-state index contributed by atoms with van der Waals surface area (Å²) in [5.74, 6) is 1.37. The average Bonchev–Trinajstić information content (AvgIpc) is 3.21. The van der Waals surface area contributed by atoms with Gasteiger partial charge in [0.2, 0.25) is 0 Å². The van der Waals surface area contributed by atoms with Crippen LogP contribution in [0.3, 0.4) is 0 Å². The molecule has 10 heteroatoms. The highest BCUT2D eigenvalue weighted by atomic mass is 32.2. The minimum absolute atomic E-state index is 0.127. The second kappa shape index (κ2) is 12.8. The Balaban J connectivity index is 1.77. The van der Waals surface area contributed by atoms with Crippen molar-refractivity contribution in [3.8, 4) is 11.8 Å². The number of nitrogens with zero attached hydrogens (tertiary/aromatic N) is 5. The van der Waals surface area contributed by atoms with E-state index in [1.54, 1.807) is 23.5 Å². The molecule has 0 aliphatic carbocycles. The molecule has 2 aromatic rings. The molecule has 0 N–H and O–H groups in total. The van der Waals surface area contributed by atoms with Crippen LogP contribution in [-0.4, -0.2) is 64.4 Å². The Hall–Kier alpha value is -3.13. The minimum Gasteiger partial charge on any atom is -0.497 e. The van der Waals surface area contributed by atoms with Gasteiger partial charge in [0.1, 0.15) is 27.5 Å². The largest absolute Gasteiger partial charge is 0.497 e. The number of piperazine rings is 1. The van der Waals surface area contributed by atoms with Crippen LogP contribution in [0.1, 0.15) is 48.9 Å². The van der Waals surface area contributed by atoms with Crippen molar-refractivity contribution in [1.29, 1.82) is 5.26 Å². The topological polar surface area (TPSA) is 81.8 Å². The van der Waals surface area contributed by atoms with E-state index in [0.29, 0.717) is 27.9 Å². The molecule has 0 saturated carbocycles. The van der Waals surface area contributed by atoms with E-state index in [4.69, 9.17) is 17.0 Å². The molecule has 0 atom stereocenters. The standard InChI is InChI=1S/C29H35N5O3S2/c1-5-7-12-33-26(32-15-13-31(6-2)14-16-32)23(20(3)24(18-30)27(33)35)17-25-28(36)34(29(38)39-25)19-21-8-10-22(37-4)11-9-21/h8-11,17H,5-7,12-16,19H2,1-4H3. The number of methoxy groups -OCH3 is 1. The summed E-state index contributed by atoms with van der Waals surface area (Å²) < 4.78 is 7.47. The monoisotopic (exact) mass is 565 g/mol. The third-order valence-electron chi connectivity index (χ3n) is 7.35. The zero-order valence-corrected chi connectivity index (χ0v) is 24.7. The maximum atomic E-state index is 13.6. The predicted molar refractivity (Wildman–Crippen MR) is 161 cm³/mol. The molecule has 2 fully saturated rings. The first-order valence-electron chi connectivity index (χ1n) is 13.4. The van der Waals surface area contributed by atoms with Gasteiger partial charge in [-0.3, -0.25) is 19.1 Å². The zero-order chi connectivity index (χ0) is 28.1. The highest BCUT2D eigenvalue weighted by molar-refractivity contribution is 8.26. The van der Waals surface area contributed by atoms with Gasteiger partial charge in [0, 0.05) is 38.3 Å². The van der Waals surface area contributed by atoms with Crippen LogP contribution >= 0.6 is 24.0 Å². The number of ether oxygens (including phenoxy) is 1. The number of likely N-dealkylation sites (N-methyl/N-ethyl adjacent to an activating group) is 1. The van der Waals surface area contributed by atoms with Gasteiger partial charge in [0.15, 0.2) is 0 Å². The van der Waals surface area contributed by atoms with Crippen LogP contribution < -0.4 is 15.2 Å². The van der Waals surface area contributed by atoms with Crippen molar-refractivity contribution < 1.29 is 9.53 Å². The van der Waals surface area contributed by atoms with Crippen molar-refractivity contribution in [2.45, 2.75) is 46.7 Å². The van der Waals surface area contributed by atoms with Crippen molar-refractivity contribution in [3.63, 3.8) is 0 Å². The lowest BCUT2D eigenvalue weighted by Crippen LogP contribution is -2.48. The SMILES string of the molecule is CCCCn1c(N2CCN(CC)CC2)c(C=C2SC(=S)N(Cc3ccc(OC)cc3)C2=O)c(C)c(C#N)c1=O. The molecule has 4 rings (SSSR count). The summed E-state index contributed by atoms with van der Waals surface area (Å²) in [4.78, 5) is 33.8. The number of thiocarbonyl (C=S) groups is 1. The molecule has 0 unspecified atom stereocenters. The fourth-order valence-electron chi connectivity index (χ4n) is 4.97. The molecule has 2 saturated heterocycles. The van der Waals surface area contributed by atoms with E-state index < -0.39 is 0 Å². The van der Waals surface area contributed by atoms with Crippen molar-refractivity contribution >= 4 is 46.1 Å². The number of nitriles is 1. The van der Waals surface area contributed by atoms with Crippen LogP contribution in [0.15, 0.2) is 34.0 Å². The molecular formula is C29H35N5O3S2. The van der Waals surface area contributed by atoms with E-state index >= 15 is 0 Å². The van der Waals surface area contributed by atoms with Crippen LogP contribution in [0, 0.1) is 18.3 Å². The maximum absolute atomic E-state index is 13.6. The van der Waals surface area contributed by atoms with Crippen LogP contribution in [0.25, 0.3) is 6.08 Å².